The molecule has 2 aromatic carbocycles. The van der Waals surface area contributed by atoms with Crippen LogP contribution in [-0.4, -0.2) is 10.8 Å². The molecule has 4 rings (SSSR count). The van der Waals surface area contributed by atoms with Gasteiger partial charge in [-0.25, -0.2) is 0 Å². The standard InChI is InChI=1S/C19H19ClN2OS/c1-3-12-7-8-17-15(9-12)16-11-19(2,23-17)22(18(24)21-16)14-6-4-5-13(20)10-14/h4-10,16H,3,11H2,1-2H3,(H,21,24)/t16-,19-/m1/s1. The number of hydrogen-bond acceptors (Lipinski definition) is 2. The smallest absolute Gasteiger partial charge is 0.188 e. The Morgan fingerprint density at radius 1 is 1.33 bits per heavy atom. The van der Waals surface area contributed by atoms with Crippen molar-refractivity contribution in [2.45, 2.75) is 38.5 Å². The first-order valence-corrected chi connectivity index (χ1v) is 8.97. The topological polar surface area (TPSA) is 24.5 Å². The summed E-state index contributed by atoms with van der Waals surface area (Å²) in [5, 5.41) is 4.84. The molecule has 0 radical (unpaired) electrons. The molecule has 0 unspecified atom stereocenters. The fourth-order valence-corrected chi connectivity index (χ4v) is 4.28. The lowest BCUT2D eigenvalue weighted by Crippen LogP contribution is -2.65. The van der Waals surface area contributed by atoms with Gasteiger partial charge < -0.3 is 10.1 Å². The van der Waals surface area contributed by atoms with Gasteiger partial charge in [-0.05, 0) is 55.4 Å². The van der Waals surface area contributed by atoms with Gasteiger partial charge in [-0.15, -0.1) is 0 Å². The Kier molecular flexibility index (Phi) is 3.70. The zero-order chi connectivity index (χ0) is 16.9. The first kappa shape index (κ1) is 15.7. The fourth-order valence-electron chi connectivity index (χ4n) is 3.65. The molecule has 2 bridgehead atoms. The number of hydrogen-bond donors (Lipinski definition) is 1. The third-order valence-corrected chi connectivity index (χ3v) is 5.35. The Labute approximate surface area is 152 Å². The minimum Gasteiger partial charge on any atom is -0.467 e. The summed E-state index contributed by atoms with van der Waals surface area (Å²) in [5.41, 5.74) is 2.92. The molecule has 2 heterocycles. The van der Waals surface area contributed by atoms with Gasteiger partial charge in [0.25, 0.3) is 0 Å². The number of nitrogens with one attached hydrogen (secondary N) is 1. The van der Waals surface area contributed by atoms with Gasteiger partial charge in [-0.1, -0.05) is 36.7 Å². The Balaban J connectivity index is 1.78. The van der Waals surface area contributed by atoms with E-state index in [1.54, 1.807) is 0 Å². The molecule has 2 aliphatic heterocycles. The van der Waals surface area contributed by atoms with Gasteiger partial charge in [0, 0.05) is 22.7 Å². The van der Waals surface area contributed by atoms with E-state index < -0.39 is 5.72 Å². The molecular formula is C19H19ClN2OS. The highest BCUT2D eigenvalue weighted by molar-refractivity contribution is 7.80. The van der Waals surface area contributed by atoms with Crippen molar-refractivity contribution in [3.8, 4) is 5.75 Å². The molecule has 0 aliphatic carbocycles. The van der Waals surface area contributed by atoms with Crippen LogP contribution in [0.3, 0.4) is 0 Å². The Hall–Kier alpha value is -1.78. The molecule has 2 atom stereocenters. The molecule has 1 N–H and O–H groups in total. The Bertz CT molecular complexity index is 825. The first-order valence-electron chi connectivity index (χ1n) is 8.18. The van der Waals surface area contributed by atoms with Crippen LogP contribution >= 0.6 is 23.8 Å². The van der Waals surface area contributed by atoms with Crippen LogP contribution in [-0.2, 0) is 6.42 Å². The van der Waals surface area contributed by atoms with Crippen LogP contribution in [0, 0.1) is 0 Å². The summed E-state index contributed by atoms with van der Waals surface area (Å²) in [4.78, 5) is 2.03. The molecule has 24 heavy (non-hydrogen) atoms. The normalized spacial score (nSPS) is 24.9. The third kappa shape index (κ3) is 2.45. The summed E-state index contributed by atoms with van der Waals surface area (Å²) in [5.74, 6) is 0.924. The average molecular weight is 359 g/mol. The summed E-state index contributed by atoms with van der Waals surface area (Å²) in [6, 6.07) is 14.3. The van der Waals surface area contributed by atoms with Crippen molar-refractivity contribution in [3.63, 3.8) is 0 Å². The van der Waals surface area contributed by atoms with Crippen LogP contribution in [0.15, 0.2) is 42.5 Å². The Morgan fingerprint density at radius 3 is 2.92 bits per heavy atom. The second-order valence-electron chi connectivity index (χ2n) is 6.52. The van der Waals surface area contributed by atoms with Crippen LogP contribution in [0.25, 0.3) is 0 Å². The molecule has 0 saturated carbocycles. The molecule has 0 amide bonds. The lowest BCUT2D eigenvalue weighted by molar-refractivity contribution is 0.0497. The number of anilines is 1. The predicted octanol–water partition coefficient (Wildman–Crippen LogP) is 4.84. The van der Waals surface area contributed by atoms with E-state index in [1.165, 1.54) is 11.1 Å². The molecule has 1 fully saturated rings. The maximum Gasteiger partial charge on any atom is 0.188 e. The second kappa shape index (κ2) is 5.64. The Morgan fingerprint density at radius 2 is 2.17 bits per heavy atom. The molecule has 3 nitrogen and oxygen atoms in total. The molecular weight excluding hydrogens is 340 g/mol. The van der Waals surface area contributed by atoms with Crippen LogP contribution in [0.5, 0.6) is 5.75 Å². The molecule has 124 valence electrons. The predicted molar refractivity (Wildman–Crippen MR) is 102 cm³/mol. The van der Waals surface area contributed by atoms with Gasteiger partial charge in [0.1, 0.15) is 5.75 Å². The van der Waals surface area contributed by atoms with Crippen molar-refractivity contribution in [2.24, 2.45) is 0 Å². The molecule has 0 spiro atoms. The summed E-state index contributed by atoms with van der Waals surface area (Å²) >= 11 is 11.8. The van der Waals surface area contributed by atoms with E-state index in [2.05, 4.69) is 37.4 Å². The fraction of sp³-hybridized carbons (Fsp3) is 0.316. The van der Waals surface area contributed by atoms with Crippen molar-refractivity contribution < 1.29 is 4.74 Å². The van der Waals surface area contributed by atoms with Gasteiger partial charge in [0.15, 0.2) is 10.8 Å². The van der Waals surface area contributed by atoms with Crippen LogP contribution in [0.2, 0.25) is 5.02 Å². The number of nitrogens with zero attached hydrogens (tertiary/aromatic N) is 1. The van der Waals surface area contributed by atoms with Gasteiger partial charge in [-0.2, -0.15) is 0 Å². The molecule has 0 aromatic heterocycles. The van der Waals surface area contributed by atoms with Crippen LogP contribution < -0.4 is 15.0 Å². The van der Waals surface area contributed by atoms with Crippen molar-refractivity contribution in [1.82, 2.24) is 5.32 Å². The van der Waals surface area contributed by atoms with Crippen LogP contribution in [0.4, 0.5) is 5.69 Å². The van der Waals surface area contributed by atoms with E-state index >= 15 is 0 Å². The van der Waals surface area contributed by atoms with Gasteiger partial charge in [-0.3, -0.25) is 4.90 Å². The van der Waals surface area contributed by atoms with Crippen molar-refractivity contribution >= 4 is 34.6 Å². The van der Waals surface area contributed by atoms with Crippen LogP contribution in [0.1, 0.15) is 37.4 Å². The van der Waals surface area contributed by atoms with Crippen molar-refractivity contribution in [2.75, 3.05) is 4.90 Å². The number of rotatable bonds is 2. The monoisotopic (exact) mass is 358 g/mol. The highest BCUT2D eigenvalue weighted by Gasteiger charge is 2.48. The van der Waals surface area contributed by atoms with Gasteiger partial charge >= 0.3 is 0 Å². The average Bonchev–Trinajstić information content (AvgIpc) is 2.54. The van der Waals surface area contributed by atoms with E-state index in [0.717, 1.165) is 24.3 Å². The minimum absolute atomic E-state index is 0.174. The lowest BCUT2D eigenvalue weighted by atomic mass is 9.89. The molecule has 2 aromatic rings. The SMILES string of the molecule is CCc1ccc2c(c1)[C@H]1C[C@@](C)(O2)N(c2cccc(Cl)c2)C(=S)N1. The molecule has 5 heteroatoms. The lowest BCUT2D eigenvalue weighted by Gasteiger charge is -2.52. The minimum atomic E-state index is -0.529. The summed E-state index contributed by atoms with van der Waals surface area (Å²) in [6.45, 7) is 4.25. The maximum atomic E-state index is 6.42. The highest BCUT2D eigenvalue weighted by atomic mass is 35.5. The summed E-state index contributed by atoms with van der Waals surface area (Å²) in [6.07, 6.45) is 1.83. The number of halogens is 1. The largest absolute Gasteiger partial charge is 0.467 e. The zero-order valence-corrected chi connectivity index (χ0v) is 15.2. The molecule has 2 aliphatic rings. The van der Waals surface area contributed by atoms with E-state index in [4.69, 9.17) is 28.6 Å². The van der Waals surface area contributed by atoms with Crippen molar-refractivity contribution in [3.05, 3.63) is 58.6 Å². The number of thiocarbonyl (C=S) groups is 1. The maximum absolute atomic E-state index is 6.42. The number of ether oxygens (including phenoxy) is 1. The van der Waals surface area contributed by atoms with Gasteiger partial charge in [0.2, 0.25) is 0 Å². The summed E-state index contributed by atoms with van der Waals surface area (Å²) in [7, 11) is 0. The number of fused-ring (bicyclic) bond motifs is 4. The van der Waals surface area contributed by atoms with E-state index in [1.807, 2.05) is 29.2 Å². The van der Waals surface area contributed by atoms with E-state index in [-0.39, 0.29) is 6.04 Å². The van der Waals surface area contributed by atoms with Gasteiger partial charge in [0.05, 0.1) is 6.04 Å². The zero-order valence-electron chi connectivity index (χ0n) is 13.7. The number of benzene rings is 2. The quantitative estimate of drug-likeness (QED) is 0.776. The van der Waals surface area contributed by atoms with E-state index in [9.17, 15) is 0 Å². The highest BCUT2D eigenvalue weighted by Crippen LogP contribution is 2.46. The molecule has 1 saturated heterocycles. The second-order valence-corrected chi connectivity index (χ2v) is 7.35. The number of aryl methyl sites for hydroxylation is 1. The van der Waals surface area contributed by atoms with E-state index in [0.29, 0.717) is 10.1 Å². The third-order valence-electron chi connectivity index (χ3n) is 4.81. The first-order chi connectivity index (χ1) is 11.5. The summed E-state index contributed by atoms with van der Waals surface area (Å²) < 4.78 is 6.42. The van der Waals surface area contributed by atoms with Crippen molar-refractivity contribution in [1.29, 1.82) is 0 Å².